The minimum Gasteiger partial charge on any atom is -0.466 e. The van der Waals surface area contributed by atoms with Crippen LogP contribution in [0.15, 0.2) is 24.3 Å². The first-order valence-electron chi connectivity index (χ1n) is 10.5. The molecule has 1 aromatic carbocycles. The van der Waals surface area contributed by atoms with Crippen molar-refractivity contribution in [3.63, 3.8) is 0 Å². The van der Waals surface area contributed by atoms with E-state index in [1.807, 2.05) is 13.8 Å². The van der Waals surface area contributed by atoms with E-state index in [9.17, 15) is 19.2 Å². The molecule has 0 atom stereocenters. The summed E-state index contributed by atoms with van der Waals surface area (Å²) in [5, 5.41) is 5.45. The summed E-state index contributed by atoms with van der Waals surface area (Å²) in [4.78, 5) is 49.5. The van der Waals surface area contributed by atoms with E-state index >= 15 is 0 Å². The van der Waals surface area contributed by atoms with Crippen molar-refractivity contribution in [2.45, 2.75) is 46.2 Å². The molecular weight excluding hydrogens is 402 g/mol. The molecule has 1 aromatic rings. The Bertz CT molecular complexity index is 770. The van der Waals surface area contributed by atoms with Crippen molar-refractivity contribution in [1.29, 1.82) is 0 Å². The Hall–Kier alpha value is -3.10. The predicted octanol–water partition coefficient (Wildman–Crippen LogP) is 1.85. The van der Waals surface area contributed by atoms with Gasteiger partial charge in [0.15, 0.2) is 6.61 Å². The van der Waals surface area contributed by atoms with Crippen LogP contribution >= 0.6 is 0 Å². The van der Waals surface area contributed by atoms with Crippen LogP contribution in [0, 0.1) is 5.92 Å². The Labute approximate surface area is 182 Å². The summed E-state index contributed by atoms with van der Waals surface area (Å²) in [5.74, 6) is -1.28. The van der Waals surface area contributed by atoms with E-state index in [0.717, 1.165) is 5.56 Å². The molecule has 1 heterocycles. The summed E-state index contributed by atoms with van der Waals surface area (Å²) < 4.78 is 10.2. The molecule has 9 nitrogen and oxygen atoms in total. The topological polar surface area (TPSA) is 114 Å². The number of carbonyl (C=O) groups excluding carboxylic acids is 4. The molecule has 0 aromatic heterocycles. The summed E-state index contributed by atoms with van der Waals surface area (Å²) >= 11 is 0. The average Bonchev–Trinajstić information content (AvgIpc) is 2.76. The van der Waals surface area contributed by atoms with Crippen LogP contribution in [0.2, 0.25) is 0 Å². The molecule has 0 unspecified atom stereocenters. The Balaban J connectivity index is 1.74. The Kier molecular flexibility index (Phi) is 9.30. The number of amides is 3. The van der Waals surface area contributed by atoms with Gasteiger partial charge in [0.2, 0.25) is 0 Å². The summed E-state index contributed by atoms with van der Waals surface area (Å²) in [7, 11) is 0. The minimum absolute atomic E-state index is 0.0452. The summed E-state index contributed by atoms with van der Waals surface area (Å²) in [6, 6.07) is 6.40. The number of nitrogens with zero attached hydrogens (tertiary/aromatic N) is 1. The first-order valence-corrected chi connectivity index (χ1v) is 10.5. The average molecular weight is 434 g/mol. The molecule has 0 bridgehead atoms. The van der Waals surface area contributed by atoms with Crippen LogP contribution in [0.4, 0.5) is 4.79 Å². The maximum atomic E-state index is 12.3. The third kappa shape index (κ3) is 7.92. The van der Waals surface area contributed by atoms with Crippen LogP contribution < -0.4 is 10.6 Å². The van der Waals surface area contributed by atoms with E-state index in [1.165, 1.54) is 0 Å². The zero-order chi connectivity index (χ0) is 22.8. The molecule has 0 aliphatic carbocycles. The Morgan fingerprint density at radius 2 is 1.71 bits per heavy atom. The van der Waals surface area contributed by atoms with Crippen LogP contribution in [0.5, 0.6) is 0 Å². The predicted molar refractivity (Wildman–Crippen MR) is 113 cm³/mol. The lowest BCUT2D eigenvalue weighted by Crippen LogP contribution is -2.42. The number of nitrogens with one attached hydrogen (secondary N) is 2. The molecule has 170 valence electrons. The summed E-state index contributed by atoms with van der Waals surface area (Å²) in [6.45, 7) is 6.71. The standard InChI is InChI=1S/C22H31N3O6/c1-4-30-20(27)18-9-11-25(12-10-18)19(26)14-31-21(28)17-7-5-16(6-8-17)13-23-22(29)24-15(2)3/h5-8,15,18H,4,9-14H2,1-3H3,(H2,23,24,29). The number of urea groups is 1. The second-order valence-electron chi connectivity index (χ2n) is 7.66. The lowest BCUT2D eigenvalue weighted by atomic mass is 9.97. The Morgan fingerprint density at radius 3 is 2.29 bits per heavy atom. The molecule has 9 heteroatoms. The highest BCUT2D eigenvalue weighted by Crippen LogP contribution is 2.19. The van der Waals surface area contributed by atoms with E-state index in [4.69, 9.17) is 9.47 Å². The smallest absolute Gasteiger partial charge is 0.338 e. The number of benzene rings is 1. The zero-order valence-electron chi connectivity index (χ0n) is 18.3. The number of hydrogen-bond acceptors (Lipinski definition) is 6. The van der Waals surface area contributed by atoms with Gasteiger partial charge in [0.25, 0.3) is 5.91 Å². The van der Waals surface area contributed by atoms with Crippen molar-refractivity contribution < 1.29 is 28.7 Å². The van der Waals surface area contributed by atoms with E-state index in [2.05, 4.69) is 10.6 Å². The molecular formula is C22H31N3O6. The normalized spacial score (nSPS) is 14.1. The SMILES string of the molecule is CCOC(=O)C1CCN(C(=O)COC(=O)c2ccc(CNC(=O)NC(C)C)cc2)CC1. The van der Waals surface area contributed by atoms with E-state index < -0.39 is 5.97 Å². The largest absolute Gasteiger partial charge is 0.466 e. The minimum atomic E-state index is -0.591. The van der Waals surface area contributed by atoms with Gasteiger partial charge in [-0.2, -0.15) is 0 Å². The maximum Gasteiger partial charge on any atom is 0.338 e. The zero-order valence-corrected chi connectivity index (χ0v) is 18.3. The summed E-state index contributed by atoms with van der Waals surface area (Å²) in [5.41, 5.74) is 1.15. The van der Waals surface area contributed by atoms with Crippen LogP contribution in [-0.4, -0.2) is 61.1 Å². The van der Waals surface area contributed by atoms with Crippen molar-refractivity contribution in [3.8, 4) is 0 Å². The van der Waals surface area contributed by atoms with Gasteiger partial charge < -0.3 is 25.0 Å². The number of esters is 2. The van der Waals surface area contributed by atoms with Crippen LogP contribution in [0.3, 0.4) is 0 Å². The van der Waals surface area contributed by atoms with E-state index in [1.54, 1.807) is 36.1 Å². The lowest BCUT2D eigenvalue weighted by Gasteiger charge is -2.30. The van der Waals surface area contributed by atoms with Gasteiger partial charge in [0.05, 0.1) is 18.1 Å². The third-order valence-electron chi connectivity index (χ3n) is 4.86. The van der Waals surface area contributed by atoms with Crippen LogP contribution in [-0.2, 0) is 25.6 Å². The van der Waals surface area contributed by atoms with Crippen molar-refractivity contribution in [3.05, 3.63) is 35.4 Å². The number of piperidine rings is 1. The molecule has 31 heavy (non-hydrogen) atoms. The van der Waals surface area contributed by atoms with Gasteiger partial charge in [-0.3, -0.25) is 9.59 Å². The van der Waals surface area contributed by atoms with Gasteiger partial charge in [-0.05, 0) is 51.3 Å². The molecule has 2 rings (SSSR count). The van der Waals surface area contributed by atoms with Crippen LogP contribution in [0.25, 0.3) is 0 Å². The van der Waals surface area contributed by atoms with Crippen molar-refractivity contribution in [2.75, 3.05) is 26.3 Å². The quantitative estimate of drug-likeness (QED) is 0.605. The van der Waals surface area contributed by atoms with Gasteiger partial charge in [0.1, 0.15) is 0 Å². The van der Waals surface area contributed by atoms with Gasteiger partial charge in [-0.15, -0.1) is 0 Å². The van der Waals surface area contributed by atoms with E-state index in [-0.39, 0.29) is 36.5 Å². The van der Waals surface area contributed by atoms with Crippen molar-refractivity contribution in [1.82, 2.24) is 15.5 Å². The molecule has 3 amide bonds. The highest BCUT2D eigenvalue weighted by atomic mass is 16.5. The number of rotatable bonds is 8. The van der Waals surface area contributed by atoms with Crippen LogP contribution in [0.1, 0.15) is 49.5 Å². The first kappa shape index (κ1) is 24.2. The van der Waals surface area contributed by atoms with E-state index in [0.29, 0.717) is 44.6 Å². The maximum absolute atomic E-state index is 12.3. The lowest BCUT2D eigenvalue weighted by molar-refractivity contribution is -0.151. The molecule has 1 saturated heterocycles. The monoisotopic (exact) mass is 433 g/mol. The number of hydrogen-bond donors (Lipinski definition) is 2. The van der Waals surface area contributed by atoms with Gasteiger partial charge in [-0.25, -0.2) is 9.59 Å². The first-order chi connectivity index (χ1) is 14.8. The second-order valence-corrected chi connectivity index (χ2v) is 7.66. The van der Waals surface area contributed by atoms with Gasteiger partial charge in [0, 0.05) is 25.7 Å². The van der Waals surface area contributed by atoms with Gasteiger partial charge in [-0.1, -0.05) is 12.1 Å². The number of likely N-dealkylation sites (tertiary alicyclic amines) is 1. The van der Waals surface area contributed by atoms with Crippen molar-refractivity contribution in [2.24, 2.45) is 5.92 Å². The third-order valence-corrected chi connectivity index (χ3v) is 4.86. The molecule has 1 aliphatic rings. The second kappa shape index (κ2) is 11.9. The molecule has 0 saturated carbocycles. The fraction of sp³-hybridized carbons (Fsp3) is 0.545. The van der Waals surface area contributed by atoms with Crippen molar-refractivity contribution >= 4 is 23.9 Å². The molecule has 1 aliphatic heterocycles. The summed E-state index contributed by atoms with van der Waals surface area (Å²) in [6.07, 6.45) is 1.09. The highest BCUT2D eigenvalue weighted by Gasteiger charge is 2.28. The molecule has 2 N–H and O–H groups in total. The Morgan fingerprint density at radius 1 is 1.06 bits per heavy atom. The number of ether oxygens (including phenoxy) is 2. The fourth-order valence-corrected chi connectivity index (χ4v) is 3.18. The van der Waals surface area contributed by atoms with Gasteiger partial charge >= 0.3 is 18.0 Å². The molecule has 0 spiro atoms. The fourth-order valence-electron chi connectivity index (χ4n) is 3.18. The number of carbonyl (C=O) groups is 4. The molecule has 1 fully saturated rings. The highest BCUT2D eigenvalue weighted by molar-refractivity contribution is 5.91. The molecule has 0 radical (unpaired) electrons.